The van der Waals surface area contributed by atoms with Crippen LogP contribution in [0.25, 0.3) is 0 Å². The van der Waals surface area contributed by atoms with Crippen molar-refractivity contribution in [2.45, 2.75) is 38.1 Å². The summed E-state index contributed by atoms with van der Waals surface area (Å²) in [4.78, 5) is 2.35. The first-order valence-corrected chi connectivity index (χ1v) is 8.45. The van der Waals surface area contributed by atoms with E-state index in [0.717, 1.165) is 18.8 Å². The first kappa shape index (κ1) is 13.3. The molecular weight excluding hydrogens is 236 g/mol. The highest BCUT2D eigenvalue weighted by Crippen LogP contribution is 2.36. The fourth-order valence-corrected chi connectivity index (χ4v) is 4.34. The molecule has 5 heteroatoms. The van der Waals surface area contributed by atoms with Crippen LogP contribution in [0.3, 0.4) is 0 Å². The van der Waals surface area contributed by atoms with E-state index >= 15 is 0 Å². The summed E-state index contributed by atoms with van der Waals surface area (Å²) < 4.78 is 22.9. The lowest BCUT2D eigenvalue weighted by molar-refractivity contribution is 0.0521. The van der Waals surface area contributed by atoms with Gasteiger partial charge in [-0.2, -0.15) is 0 Å². The van der Waals surface area contributed by atoms with Gasteiger partial charge in [0, 0.05) is 25.2 Å². The van der Waals surface area contributed by atoms with E-state index in [1.807, 2.05) is 0 Å². The molecule has 0 bridgehead atoms. The molecule has 17 heavy (non-hydrogen) atoms. The Morgan fingerprint density at radius 1 is 1.24 bits per heavy atom. The average Bonchev–Trinajstić information content (AvgIpc) is 2.31. The summed E-state index contributed by atoms with van der Waals surface area (Å²) in [5, 5.41) is 0. The fourth-order valence-electron chi connectivity index (χ4n) is 3.14. The minimum atomic E-state index is -2.78. The molecule has 2 rings (SSSR count). The summed E-state index contributed by atoms with van der Waals surface area (Å²) in [6.07, 6.45) is 4.70. The number of hydrogen-bond acceptors (Lipinski definition) is 4. The Kier molecular flexibility index (Phi) is 3.80. The van der Waals surface area contributed by atoms with E-state index in [-0.39, 0.29) is 5.54 Å². The van der Waals surface area contributed by atoms with Crippen LogP contribution in [0.15, 0.2) is 0 Å². The third-order valence-electron chi connectivity index (χ3n) is 4.60. The molecule has 1 heterocycles. The van der Waals surface area contributed by atoms with Crippen molar-refractivity contribution in [1.82, 2.24) is 4.90 Å². The Bertz CT molecular complexity index is 345. The Labute approximate surface area is 104 Å². The van der Waals surface area contributed by atoms with Crippen molar-refractivity contribution >= 4 is 9.84 Å². The minimum Gasteiger partial charge on any atom is -0.329 e. The average molecular weight is 260 g/mol. The molecule has 0 amide bonds. The first-order valence-electron chi connectivity index (χ1n) is 6.63. The number of nitrogens with zero attached hydrogens (tertiary/aromatic N) is 1. The maximum atomic E-state index is 11.5. The highest BCUT2D eigenvalue weighted by atomic mass is 32.2. The molecule has 2 aliphatic rings. The second-order valence-electron chi connectivity index (χ2n) is 5.75. The lowest BCUT2D eigenvalue weighted by atomic mass is 9.76. The third kappa shape index (κ3) is 2.83. The van der Waals surface area contributed by atoms with Gasteiger partial charge in [-0.3, -0.25) is 4.90 Å². The van der Waals surface area contributed by atoms with Crippen molar-refractivity contribution in [3.05, 3.63) is 0 Å². The molecule has 2 fully saturated rings. The van der Waals surface area contributed by atoms with Gasteiger partial charge in [0.2, 0.25) is 0 Å². The van der Waals surface area contributed by atoms with Gasteiger partial charge >= 0.3 is 0 Å². The zero-order valence-corrected chi connectivity index (χ0v) is 11.5. The lowest BCUT2D eigenvalue weighted by Crippen LogP contribution is -2.59. The normalized spacial score (nSPS) is 39.1. The van der Waals surface area contributed by atoms with Crippen LogP contribution in [0.4, 0.5) is 0 Å². The zero-order chi connectivity index (χ0) is 12.5. The van der Waals surface area contributed by atoms with Crippen LogP contribution in [0.1, 0.15) is 32.6 Å². The molecule has 1 aliphatic heterocycles. The van der Waals surface area contributed by atoms with Crippen molar-refractivity contribution in [3.8, 4) is 0 Å². The van der Waals surface area contributed by atoms with Crippen molar-refractivity contribution < 1.29 is 8.42 Å². The van der Waals surface area contributed by atoms with Gasteiger partial charge in [0.05, 0.1) is 11.5 Å². The van der Waals surface area contributed by atoms with E-state index in [4.69, 9.17) is 5.73 Å². The molecule has 1 saturated carbocycles. The van der Waals surface area contributed by atoms with Gasteiger partial charge in [0.25, 0.3) is 0 Å². The number of hydrogen-bond donors (Lipinski definition) is 1. The SMILES string of the molecule is CC1CCC(CN)(N2CCS(=O)(=O)CC2)CC1. The molecule has 1 saturated heterocycles. The monoisotopic (exact) mass is 260 g/mol. The summed E-state index contributed by atoms with van der Waals surface area (Å²) >= 11 is 0. The molecule has 0 aromatic carbocycles. The number of sulfone groups is 1. The molecule has 0 aromatic heterocycles. The van der Waals surface area contributed by atoms with E-state index in [0.29, 0.717) is 31.1 Å². The molecule has 2 N–H and O–H groups in total. The van der Waals surface area contributed by atoms with Gasteiger partial charge in [-0.25, -0.2) is 8.42 Å². The van der Waals surface area contributed by atoms with E-state index in [9.17, 15) is 8.42 Å². The zero-order valence-electron chi connectivity index (χ0n) is 10.7. The first-order chi connectivity index (χ1) is 7.97. The van der Waals surface area contributed by atoms with E-state index < -0.39 is 9.84 Å². The predicted molar refractivity (Wildman–Crippen MR) is 69.6 cm³/mol. The minimum absolute atomic E-state index is 0.0858. The van der Waals surface area contributed by atoms with Gasteiger partial charge in [-0.1, -0.05) is 6.92 Å². The smallest absolute Gasteiger partial charge is 0.152 e. The summed E-state index contributed by atoms with van der Waals surface area (Å²) in [5.74, 6) is 1.41. The highest BCUT2D eigenvalue weighted by Gasteiger charge is 2.40. The molecule has 4 nitrogen and oxygen atoms in total. The molecule has 100 valence electrons. The topological polar surface area (TPSA) is 63.4 Å². The quantitative estimate of drug-likeness (QED) is 0.791. The van der Waals surface area contributed by atoms with Crippen LogP contribution in [-0.2, 0) is 9.84 Å². The molecule has 1 aliphatic carbocycles. The summed E-state index contributed by atoms with van der Waals surface area (Å²) in [6, 6.07) is 0. The lowest BCUT2D eigenvalue weighted by Gasteiger charge is -2.48. The van der Waals surface area contributed by atoms with Gasteiger partial charge in [-0.05, 0) is 31.6 Å². The molecule has 0 radical (unpaired) electrons. The van der Waals surface area contributed by atoms with Gasteiger partial charge in [0.1, 0.15) is 0 Å². The van der Waals surface area contributed by atoms with Crippen LogP contribution in [0.5, 0.6) is 0 Å². The largest absolute Gasteiger partial charge is 0.329 e. The van der Waals surface area contributed by atoms with Crippen LogP contribution in [-0.4, -0.2) is 50.0 Å². The van der Waals surface area contributed by atoms with Gasteiger partial charge in [-0.15, -0.1) is 0 Å². The second kappa shape index (κ2) is 4.86. The van der Waals surface area contributed by atoms with E-state index in [2.05, 4.69) is 11.8 Å². The van der Waals surface area contributed by atoms with Crippen LogP contribution in [0, 0.1) is 5.92 Å². The van der Waals surface area contributed by atoms with Crippen LogP contribution < -0.4 is 5.73 Å². The Hall–Kier alpha value is -0.130. The Balaban J connectivity index is 2.04. The maximum absolute atomic E-state index is 11.5. The molecule has 0 unspecified atom stereocenters. The molecular formula is C12H24N2O2S. The standard InChI is InChI=1S/C12H24N2O2S/c1-11-2-4-12(10-13,5-3-11)14-6-8-17(15,16)9-7-14/h11H,2-10,13H2,1H3. The molecule has 0 atom stereocenters. The van der Waals surface area contributed by atoms with Crippen LogP contribution in [0.2, 0.25) is 0 Å². The van der Waals surface area contributed by atoms with Crippen molar-refractivity contribution in [2.75, 3.05) is 31.1 Å². The van der Waals surface area contributed by atoms with Gasteiger partial charge < -0.3 is 5.73 Å². The second-order valence-corrected chi connectivity index (χ2v) is 8.05. The van der Waals surface area contributed by atoms with Gasteiger partial charge in [0.15, 0.2) is 9.84 Å². The summed E-state index contributed by atoms with van der Waals surface area (Å²) in [7, 11) is -2.78. The summed E-state index contributed by atoms with van der Waals surface area (Å²) in [5.41, 5.74) is 6.08. The van der Waals surface area contributed by atoms with Crippen molar-refractivity contribution in [1.29, 1.82) is 0 Å². The predicted octanol–water partition coefficient (Wildman–Crippen LogP) is 0.624. The van der Waals surface area contributed by atoms with E-state index in [1.54, 1.807) is 0 Å². The van der Waals surface area contributed by atoms with Crippen LogP contribution >= 0.6 is 0 Å². The Morgan fingerprint density at radius 3 is 2.24 bits per heavy atom. The number of rotatable bonds is 2. The molecule has 0 spiro atoms. The van der Waals surface area contributed by atoms with Crippen molar-refractivity contribution in [2.24, 2.45) is 11.7 Å². The highest BCUT2D eigenvalue weighted by molar-refractivity contribution is 7.91. The van der Waals surface area contributed by atoms with E-state index in [1.165, 1.54) is 12.8 Å². The number of nitrogens with two attached hydrogens (primary N) is 1. The molecule has 0 aromatic rings. The third-order valence-corrected chi connectivity index (χ3v) is 6.21. The maximum Gasteiger partial charge on any atom is 0.152 e. The summed E-state index contributed by atoms with van der Waals surface area (Å²) in [6.45, 7) is 4.31. The van der Waals surface area contributed by atoms with Crippen molar-refractivity contribution in [3.63, 3.8) is 0 Å². The Morgan fingerprint density at radius 2 is 1.76 bits per heavy atom. The fraction of sp³-hybridized carbons (Fsp3) is 1.00.